The molecule has 2 aromatic heterocycles. The molecule has 8 nitrogen and oxygen atoms in total. The number of pyridine rings is 2. The molecule has 27 heavy (non-hydrogen) atoms. The molecule has 3 N–H and O–H groups in total. The van der Waals surface area contributed by atoms with Crippen molar-refractivity contribution >= 4 is 28.5 Å². The molecule has 0 aliphatic heterocycles. The smallest absolute Gasteiger partial charge is 0.407 e. The van der Waals surface area contributed by atoms with E-state index < -0.39 is 6.09 Å². The Morgan fingerprint density at radius 2 is 2.19 bits per heavy atom. The molecule has 2 heterocycles. The lowest BCUT2D eigenvalue weighted by molar-refractivity contribution is 0.102. The van der Waals surface area contributed by atoms with Crippen molar-refractivity contribution < 1.29 is 9.53 Å². The van der Waals surface area contributed by atoms with Gasteiger partial charge in [0.05, 0.1) is 0 Å². The van der Waals surface area contributed by atoms with Crippen LogP contribution in [0.5, 0.6) is 0 Å². The first kappa shape index (κ1) is 18.7. The fraction of sp³-hybridized carbons (Fsp3) is 0.474. The van der Waals surface area contributed by atoms with Gasteiger partial charge in [-0.15, -0.1) is 0 Å². The number of anilines is 2. The van der Waals surface area contributed by atoms with Crippen molar-refractivity contribution in [2.24, 2.45) is 0 Å². The largest absolute Gasteiger partial charge is 0.446 e. The average Bonchev–Trinajstić information content (AvgIpc) is 3.08. The molecule has 0 bridgehead atoms. The summed E-state index contributed by atoms with van der Waals surface area (Å²) in [6.45, 7) is 4.05. The predicted octanol–water partition coefficient (Wildman–Crippen LogP) is 3.01. The zero-order chi connectivity index (χ0) is 19.4. The molecule has 0 radical (unpaired) electrons. The van der Waals surface area contributed by atoms with Gasteiger partial charge in [0.25, 0.3) is 0 Å². The van der Waals surface area contributed by atoms with E-state index in [4.69, 9.17) is 4.74 Å². The summed E-state index contributed by atoms with van der Waals surface area (Å²) in [5, 5.41) is 20.2. The van der Waals surface area contributed by atoms with Crippen molar-refractivity contribution in [2.45, 2.75) is 51.3 Å². The van der Waals surface area contributed by atoms with Crippen LogP contribution < -0.4 is 16.0 Å². The van der Waals surface area contributed by atoms with Crippen molar-refractivity contribution in [3.05, 3.63) is 24.0 Å². The van der Waals surface area contributed by atoms with Crippen LogP contribution in [0.15, 0.2) is 18.3 Å². The summed E-state index contributed by atoms with van der Waals surface area (Å²) in [7, 11) is 1.56. The van der Waals surface area contributed by atoms with Gasteiger partial charge < -0.3 is 20.7 Å². The van der Waals surface area contributed by atoms with Crippen LogP contribution in [0.25, 0.3) is 10.8 Å². The molecule has 0 spiro atoms. The zero-order valence-electron chi connectivity index (χ0n) is 15.7. The Morgan fingerprint density at radius 3 is 2.89 bits per heavy atom. The van der Waals surface area contributed by atoms with E-state index in [2.05, 4.69) is 32.0 Å². The summed E-state index contributed by atoms with van der Waals surface area (Å²) in [6.07, 6.45) is 3.75. The summed E-state index contributed by atoms with van der Waals surface area (Å²) >= 11 is 0. The number of aromatic nitrogens is 2. The van der Waals surface area contributed by atoms with Crippen LogP contribution in [-0.4, -0.2) is 41.3 Å². The van der Waals surface area contributed by atoms with Gasteiger partial charge in [-0.1, -0.05) is 0 Å². The molecule has 1 aliphatic carbocycles. The zero-order valence-corrected chi connectivity index (χ0v) is 15.7. The summed E-state index contributed by atoms with van der Waals surface area (Å²) in [5.41, 5.74) is 0.359. The minimum absolute atomic E-state index is 0.0825. The molecule has 1 saturated carbocycles. The van der Waals surface area contributed by atoms with E-state index in [0.717, 1.165) is 35.9 Å². The third-order valence-electron chi connectivity index (χ3n) is 4.47. The van der Waals surface area contributed by atoms with Crippen LogP contribution in [0.4, 0.5) is 16.4 Å². The number of amides is 1. The van der Waals surface area contributed by atoms with Gasteiger partial charge in [0.15, 0.2) is 0 Å². The van der Waals surface area contributed by atoms with E-state index in [0.29, 0.717) is 11.5 Å². The number of rotatable bonds is 5. The third kappa shape index (κ3) is 4.56. The molecule has 3 rings (SSSR count). The Balaban J connectivity index is 1.78. The van der Waals surface area contributed by atoms with Crippen LogP contribution in [0.1, 0.15) is 38.8 Å². The SMILES string of the molecule is CNC(=O)O[C@@H]1CC[C@H](Nc2cc3c(NC(C)C)nc(C#N)cc3cn2)C1. The topological polar surface area (TPSA) is 112 Å². The van der Waals surface area contributed by atoms with Gasteiger partial charge in [-0.2, -0.15) is 5.26 Å². The highest BCUT2D eigenvalue weighted by Crippen LogP contribution is 2.28. The molecule has 0 saturated heterocycles. The molecule has 2 aromatic rings. The fourth-order valence-corrected chi connectivity index (χ4v) is 3.26. The van der Waals surface area contributed by atoms with Gasteiger partial charge in [0.2, 0.25) is 0 Å². The second-order valence-corrected chi connectivity index (χ2v) is 6.99. The summed E-state index contributed by atoms with van der Waals surface area (Å²) in [5.74, 6) is 1.42. The maximum atomic E-state index is 11.4. The van der Waals surface area contributed by atoms with Crippen molar-refractivity contribution in [1.82, 2.24) is 15.3 Å². The number of alkyl carbamates (subject to hydrolysis) is 1. The monoisotopic (exact) mass is 368 g/mol. The molecule has 0 unspecified atom stereocenters. The third-order valence-corrected chi connectivity index (χ3v) is 4.47. The number of hydrogen-bond donors (Lipinski definition) is 3. The number of hydrogen-bond acceptors (Lipinski definition) is 7. The summed E-state index contributed by atoms with van der Waals surface area (Å²) < 4.78 is 5.33. The maximum Gasteiger partial charge on any atom is 0.407 e. The van der Waals surface area contributed by atoms with Crippen molar-refractivity contribution in [2.75, 3.05) is 17.7 Å². The summed E-state index contributed by atoms with van der Waals surface area (Å²) in [6, 6.07) is 6.16. The lowest BCUT2D eigenvalue weighted by Gasteiger charge is -2.16. The molecule has 2 atom stereocenters. The molecule has 0 aromatic carbocycles. The number of ether oxygens (including phenoxy) is 1. The normalized spacial score (nSPS) is 18.9. The van der Waals surface area contributed by atoms with Gasteiger partial charge >= 0.3 is 6.09 Å². The van der Waals surface area contributed by atoms with Crippen LogP contribution >= 0.6 is 0 Å². The highest BCUT2D eigenvalue weighted by molar-refractivity contribution is 5.93. The number of nitriles is 1. The van der Waals surface area contributed by atoms with Gasteiger partial charge in [0.1, 0.15) is 29.5 Å². The van der Waals surface area contributed by atoms with Gasteiger partial charge in [-0.3, -0.25) is 0 Å². The minimum Gasteiger partial charge on any atom is -0.446 e. The summed E-state index contributed by atoms with van der Waals surface area (Å²) in [4.78, 5) is 20.2. The maximum absolute atomic E-state index is 11.4. The number of carbonyl (C=O) groups is 1. The van der Waals surface area contributed by atoms with E-state index in [1.165, 1.54) is 0 Å². The minimum atomic E-state index is -0.395. The first-order valence-corrected chi connectivity index (χ1v) is 9.10. The van der Waals surface area contributed by atoms with E-state index in [9.17, 15) is 10.1 Å². The number of nitrogens with zero attached hydrogens (tertiary/aromatic N) is 3. The number of carbonyl (C=O) groups excluding carboxylic acids is 1. The molecule has 1 aliphatic rings. The second kappa shape index (κ2) is 8.08. The second-order valence-electron chi connectivity index (χ2n) is 6.99. The number of fused-ring (bicyclic) bond motifs is 1. The average molecular weight is 368 g/mol. The van der Waals surface area contributed by atoms with E-state index in [1.54, 1.807) is 19.3 Å². The van der Waals surface area contributed by atoms with Gasteiger partial charge in [-0.05, 0) is 38.8 Å². The van der Waals surface area contributed by atoms with Gasteiger partial charge in [-0.25, -0.2) is 14.8 Å². The quantitative estimate of drug-likeness (QED) is 0.743. The molecule has 142 valence electrons. The first-order chi connectivity index (χ1) is 13.0. The van der Waals surface area contributed by atoms with Crippen LogP contribution in [0.2, 0.25) is 0 Å². The van der Waals surface area contributed by atoms with E-state index in [-0.39, 0.29) is 18.2 Å². The fourth-order valence-electron chi connectivity index (χ4n) is 3.26. The molecule has 8 heteroatoms. The van der Waals surface area contributed by atoms with Crippen molar-refractivity contribution in [3.63, 3.8) is 0 Å². The Bertz CT molecular complexity index is 876. The molecular formula is C19H24N6O2. The highest BCUT2D eigenvalue weighted by atomic mass is 16.6. The van der Waals surface area contributed by atoms with Gasteiger partial charge in [0, 0.05) is 42.5 Å². The molecule has 1 amide bonds. The standard InChI is InChI=1S/C19H24N6O2/c1-11(2)23-18-16-8-17(22-10-12(16)6-14(9-20)25-18)24-13-4-5-15(7-13)27-19(26)21-3/h6,8,10-11,13,15H,4-5,7H2,1-3H3,(H,21,26)(H,22,24)(H,23,25)/t13-,15+/m0/s1. The Morgan fingerprint density at radius 1 is 1.37 bits per heavy atom. The Kier molecular flexibility index (Phi) is 5.60. The van der Waals surface area contributed by atoms with Crippen LogP contribution in [-0.2, 0) is 4.74 Å². The van der Waals surface area contributed by atoms with E-state index >= 15 is 0 Å². The highest BCUT2D eigenvalue weighted by Gasteiger charge is 2.27. The van der Waals surface area contributed by atoms with Crippen molar-refractivity contribution in [1.29, 1.82) is 5.26 Å². The Labute approximate surface area is 158 Å². The Hall–Kier alpha value is -3.08. The molecule has 1 fully saturated rings. The number of nitrogens with one attached hydrogen (secondary N) is 3. The molecular weight excluding hydrogens is 344 g/mol. The van der Waals surface area contributed by atoms with Crippen LogP contribution in [0, 0.1) is 11.3 Å². The lowest BCUT2D eigenvalue weighted by Crippen LogP contribution is -2.25. The lowest BCUT2D eigenvalue weighted by atomic mass is 10.1. The van der Waals surface area contributed by atoms with Crippen LogP contribution in [0.3, 0.4) is 0 Å². The predicted molar refractivity (Wildman–Crippen MR) is 104 cm³/mol. The first-order valence-electron chi connectivity index (χ1n) is 9.10. The van der Waals surface area contributed by atoms with Crippen molar-refractivity contribution in [3.8, 4) is 6.07 Å². The van der Waals surface area contributed by atoms with E-state index in [1.807, 2.05) is 19.9 Å².